The third-order valence-corrected chi connectivity index (χ3v) is 3.46. The van der Waals surface area contributed by atoms with Crippen LogP contribution in [-0.2, 0) is 15.9 Å². The first-order chi connectivity index (χ1) is 10.0. The molecular weight excluding hydrogens is 334 g/mol. The number of hydrogen-bond donors (Lipinski definition) is 2. The summed E-state index contributed by atoms with van der Waals surface area (Å²) >= 11 is 3.47. The Morgan fingerprint density at radius 3 is 2.71 bits per heavy atom. The van der Waals surface area contributed by atoms with E-state index in [1.54, 1.807) is 0 Å². The van der Waals surface area contributed by atoms with E-state index in [2.05, 4.69) is 34.2 Å². The Labute approximate surface area is 136 Å². The highest BCUT2D eigenvalue weighted by Crippen LogP contribution is 2.21. The minimum atomic E-state index is -0.530. The average molecular weight is 360 g/mol. The first kappa shape index (κ1) is 18.4. The lowest BCUT2D eigenvalue weighted by Gasteiger charge is -2.16. The van der Waals surface area contributed by atoms with Crippen LogP contribution in [0.25, 0.3) is 0 Å². The van der Waals surface area contributed by atoms with Gasteiger partial charge in [0.25, 0.3) is 0 Å². The molecule has 0 aliphatic rings. The van der Waals surface area contributed by atoms with Gasteiger partial charge in [0.1, 0.15) is 0 Å². The summed E-state index contributed by atoms with van der Waals surface area (Å²) in [5, 5.41) is 13.2. The number of aliphatic hydroxyl groups excluding tert-OH is 1. The van der Waals surface area contributed by atoms with Crippen LogP contribution in [0.3, 0.4) is 0 Å². The molecule has 0 radical (unpaired) electrons. The molecule has 0 aliphatic carbocycles. The number of aliphatic hydroxyl groups is 1. The van der Waals surface area contributed by atoms with Crippen LogP contribution >= 0.6 is 15.9 Å². The smallest absolute Gasteiger partial charge is 0.0945 e. The van der Waals surface area contributed by atoms with Crippen molar-refractivity contribution in [1.82, 2.24) is 0 Å². The summed E-state index contributed by atoms with van der Waals surface area (Å²) in [6.45, 7) is 7.94. The van der Waals surface area contributed by atoms with Crippen LogP contribution in [0.15, 0.2) is 22.7 Å². The first-order valence-electron chi connectivity index (χ1n) is 7.42. The maximum atomic E-state index is 9.90. The molecule has 1 aromatic carbocycles. The zero-order valence-corrected chi connectivity index (χ0v) is 14.6. The number of rotatable bonds is 10. The Balaban J connectivity index is 2.25. The topological polar surface area (TPSA) is 50.7 Å². The fourth-order valence-corrected chi connectivity index (χ4v) is 2.28. The number of halogens is 1. The zero-order valence-electron chi connectivity index (χ0n) is 13.1. The van der Waals surface area contributed by atoms with Gasteiger partial charge in [-0.2, -0.15) is 0 Å². The van der Waals surface area contributed by atoms with E-state index < -0.39 is 6.10 Å². The average Bonchev–Trinajstić information content (AvgIpc) is 2.45. The maximum Gasteiger partial charge on any atom is 0.0945 e. The van der Waals surface area contributed by atoms with Gasteiger partial charge in [-0.05, 0) is 44.0 Å². The summed E-state index contributed by atoms with van der Waals surface area (Å²) in [6, 6.07) is 6.11. The number of ether oxygens (including phenoxy) is 2. The predicted octanol–water partition coefficient (Wildman–Crippen LogP) is 3.23. The van der Waals surface area contributed by atoms with Crippen LogP contribution in [0.5, 0.6) is 0 Å². The second-order valence-corrected chi connectivity index (χ2v) is 6.10. The molecule has 0 spiro atoms. The molecule has 21 heavy (non-hydrogen) atoms. The number of nitrogens with one attached hydrogen (secondary N) is 1. The van der Waals surface area contributed by atoms with E-state index in [1.807, 2.05) is 26.0 Å². The van der Waals surface area contributed by atoms with Crippen molar-refractivity contribution in [3.8, 4) is 0 Å². The van der Waals surface area contributed by atoms with Crippen molar-refractivity contribution in [3.05, 3.63) is 28.2 Å². The van der Waals surface area contributed by atoms with Gasteiger partial charge in [0.2, 0.25) is 0 Å². The largest absolute Gasteiger partial charge is 0.389 e. The van der Waals surface area contributed by atoms with Gasteiger partial charge in [-0.15, -0.1) is 0 Å². The molecule has 0 saturated carbocycles. The van der Waals surface area contributed by atoms with Gasteiger partial charge < -0.3 is 19.9 Å². The lowest BCUT2D eigenvalue weighted by Crippen LogP contribution is -2.26. The van der Waals surface area contributed by atoms with Crippen molar-refractivity contribution >= 4 is 21.6 Å². The van der Waals surface area contributed by atoms with E-state index in [-0.39, 0.29) is 6.10 Å². The van der Waals surface area contributed by atoms with Crippen molar-refractivity contribution in [2.24, 2.45) is 0 Å². The molecule has 0 heterocycles. The third-order valence-electron chi connectivity index (χ3n) is 2.97. The molecule has 1 aromatic rings. The molecule has 0 bridgehead atoms. The summed E-state index contributed by atoms with van der Waals surface area (Å²) in [4.78, 5) is 0. The molecule has 5 heteroatoms. The minimum Gasteiger partial charge on any atom is -0.389 e. The summed E-state index contributed by atoms with van der Waals surface area (Å²) in [5.74, 6) is 0. The molecule has 0 aromatic heterocycles. The highest BCUT2D eigenvalue weighted by molar-refractivity contribution is 9.10. The van der Waals surface area contributed by atoms with E-state index in [9.17, 15) is 5.11 Å². The lowest BCUT2D eigenvalue weighted by atomic mass is 10.1. The molecule has 1 rings (SSSR count). The molecule has 4 nitrogen and oxygen atoms in total. The van der Waals surface area contributed by atoms with Crippen LogP contribution in [0.4, 0.5) is 5.69 Å². The molecule has 0 fully saturated rings. The molecule has 0 aliphatic heterocycles. The second-order valence-electron chi connectivity index (χ2n) is 5.18. The van der Waals surface area contributed by atoms with Crippen LogP contribution in [0.1, 0.15) is 26.3 Å². The first-order valence-corrected chi connectivity index (χ1v) is 8.22. The molecular formula is C16H26BrNO3. The van der Waals surface area contributed by atoms with Gasteiger partial charge >= 0.3 is 0 Å². The predicted molar refractivity (Wildman–Crippen MR) is 89.9 cm³/mol. The van der Waals surface area contributed by atoms with Gasteiger partial charge in [0, 0.05) is 16.7 Å². The van der Waals surface area contributed by atoms with Crippen molar-refractivity contribution in [3.63, 3.8) is 0 Å². The summed E-state index contributed by atoms with van der Waals surface area (Å²) in [5.41, 5.74) is 2.28. The van der Waals surface area contributed by atoms with Crippen molar-refractivity contribution in [2.75, 3.05) is 31.7 Å². The standard InChI is InChI=1S/C16H26BrNO3/c1-4-13-9-14(17)5-6-16(13)18-10-15(19)11-20-7-8-21-12(2)3/h5-6,9,12,15,18-19H,4,7-8,10-11H2,1-3H3. The molecule has 1 atom stereocenters. The Morgan fingerprint density at radius 1 is 1.29 bits per heavy atom. The SMILES string of the molecule is CCc1cc(Br)ccc1NCC(O)COCCOC(C)C. The number of benzene rings is 1. The van der Waals surface area contributed by atoms with Gasteiger partial charge in [-0.3, -0.25) is 0 Å². The molecule has 0 saturated heterocycles. The van der Waals surface area contributed by atoms with E-state index in [0.29, 0.717) is 26.4 Å². The normalized spacial score (nSPS) is 12.7. The van der Waals surface area contributed by atoms with Gasteiger partial charge in [0.05, 0.1) is 32.0 Å². The highest BCUT2D eigenvalue weighted by atomic mass is 79.9. The number of anilines is 1. The second kappa shape index (κ2) is 10.2. The van der Waals surface area contributed by atoms with Crippen LogP contribution in [-0.4, -0.2) is 43.7 Å². The van der Waals surface area contributed by atoms with Crippen LogP contribution in [0, 0.1) is 0 Å². The Bertz CT molecular complexity index is 413. The number of hydrogen-bond acceptors (Lipinski definition) is 4. The van der Waals surface area contributed by atoms with Gasteiger partial charge in [-0.1, -0.05) is 22.9 Å². The van der Waals surface area contributed by atoms with E-state index in [0.717, 1.165) is 16.6 Å². The van der Waals surface area contributed by atoms with Gasteiger partial charge in [0.15, 0.2) is 0 Å². The summed E-state index contributed by atoms with van der Waals surface area (Å²) in [7, 11) is 0. The van der Waals surface area contributed by atoms with E-state index >= 15 is 0 Å². The molecule has 1 unspecified atom stereocenters. The molecule has 120 valence electrons. The highest BCUT2D eigenvalue weighted by Gasteiger charge is 2.07. The third kappa shape index (κ3) is 7.81. The fraction of sp³-hybridized carbons (Fsp3) is 0.625. The van der Waals surface area contributed by atoms with Crippen molar-refractivity contribution in [1.29, 1.82) is 0 Å². The molecule has 2 N–H and O–H groups in total. The van der Waals surface area contributed by atoms with E-state index in [4.69, 9.17) is 9.47 Å². The Hall–Kier alpha value is -0.620. The lowest BCUT2D eigenvalue weighted by molar-refractivity contribution is -0.00734. The number of aryl methyl sites for hydroxylation is 1. The summed E-state index contributed by atoms with van der Waals surface area (Å²) < 4.78 is 11.8. The van der Waals surface area contributed by atoms with Gasteiger partial charge in [-0.25, -0.2) is 0 Å². The van der Waals surface area contributed by atoms with Crippen LogP contribution in [0.2, 0.25) is 0 Å². The Kier molecular flexibility index (Phi) is 8.92. The quantitative estimate of drug-likeness (QED) is 0.629. The minimum absolute atomic E-state index is 0.213. The zero-order chi connectivity index (χ0) is 15.7. The summed E-state index contributed by atoms with van der Waals surface area (Å²) in [6.07, 6.45) is 0.628. The van der Waals surface area contributed by atoms with Crippen molar-refractivity contribution < 1.29 is 14.6 Å². The van der Waals surface area contributed by atoms with E-state index in [1.165, 1.54) is 5.56 Å². The Morgan fingerprint density at radius 2 is 2.05 bits per heavy atom. The van der Waals surface area contributed by atoms with Crippen molar-refractivity contribution in [2.45, 2.75) is 39.4 Å². The molecule has 0 amide bonds. The monoisotopic (exact) mass is 359 g/mol. The maximum absolute atomic E-state index is 9.90. The fourth-order valence-electron chi connectivity index (χ4n) is 1.88. The van der Waals surface area contributed by atoms with Crippen LogP contribution < -0.4 is 5.32 Å².